The highest BCUT2D eigenvalue weighted by molar-refractivity contribution is 5.78. The fourth-order valence-corrected chi connectivity index (χ4v) is 3.49. The Morgan fingerprint density at radius 3 is 2.37 bits per heavy atom. The van der Waals surface area contributed by atoms with Crippen molar-refractivity contribution in [1.29, 1.82) is 0 Å². The number of nitrogens with zero attached hydrogens (tertiary/aromatic N) is 4. The lowest BCUT2D eigenvalue weighted by Gasteiger charge is -2.32. The molecule has 2 fully saturated rings. The first-order valence-corrected chi connectivity index (χ1v) is 10.0. The molecule has 27 heavy (non-hydrogen) atoms. The summed E-state index contributed by atoms with van der Waals surface area (Å²) in [6, 6.07) is 4.07. The molecule has 3 heterocycles. The van der Waals surface area contributed by atoms with Gasteiger partial charge in [0.05, 0.1) is 13.2 Å². The maximum absolute atomic E-state index is 12.3. The Morgan fingerprint density at radius 2 is 1.78 bits per heavy atom. The van der Waals surface area contributed by atoms with Crippen LogP contribution in [-0.2, 0) is 14.3 Å². The van der Waals surface area contributed by atoms with Crippen molar-refractivity contribution in [2.24, 2.45) is 5.92 Å². The van der Waals surface area contributed by atoms with Crippen LogP contribution in [0, 0.1) is 5.92 Å². The maximum Gasteiger partial charge on any atom is 0.223 e. The van der Waals surface area contributed by atoms with Crippen molar-refractivity contribution in [3.05, 3.63) is 12.1 Å². The van der Waals surface area contributed by atoms with Crippen LogP contribution in [0.2, 0.25) is 0 Å². The van der Waals surface area contributed by atoms with E-state index in [2.05, 4.69) is 25.3 Å². The minimum Gasteiger partial charge on any atom is -0.382 e. The van der Waals surface area contributed by atoms with E-state index in [0.717, 1.165) is 76.9 Å². The van der Waals surface area contributed by atoms with Crippen LogP contribution < -0.4 is 15.1 Å². The van der Waals surface area contributed by atoms with Gasteiger partial charge >= 0.3 is 0 Å². The first kappa shape index (κ1) is 19.8. The quantitative estimate of drug-likeness (QED) is 0.679. The molecule has 0 unspecified atom stereocenters. The molecule has 1 aromatic heterocycles. The molecule has 1 N–H and O–H groups in total. The molecular formula is C19H31N5O3. The SMILES string of the molecule is CCOCCCNC(=O)C1CCN(c2ccc(N3CCOCC3)nn2)CC1. The summed E-state index contributed by atoms with van der Waals surface area (Å²) in [5.74, 6) is 2.06. The van der Waals surface area contributed by atoms with E-state index in [0.29, 0.717) is 13.2 Å². The molecule has 0 aliphatic carbocycles. The zero-order chi connectivity index (χ0) is 18.9. The average molecular weight is 377 g/mol. The first-order valence-electron chi connectivity index (χ1n) is 10.0. The van der Waals surface area contributed by atoms with Crippen molar-refractivity contribution in [3.8, 4) is 0 Å². The highest BCUT2D eigenvalue weighted by atomic mass is 16.5. The van der Waals surface area contributed by atoms with E-state index in [1.165, 1.54) is 0 Å². The lowest BCUT2D eigenvalue weighted by Crippen LogP contribution is -2.41. The highest BCUT2D eigenvalue weighted by Crippen LogP contribution is 2.23. The molecule has 1 amide bonds. The predicted molar refractivity (Wildman–Crippen MR) is 104 cm³/mol. The van der Waals surface area contributed by atoms with E-state index in [-0.39, 0.29) is 11.8 Å². The van der Waals surface area contributed by atoms with E-state index >= 15 is 0 Å². The molecule has 3 rings (SSSR count). The van der Waals surface area contributed by atoms with Crippen molar-refractivity contribution in [2.75, 3.05) is 69.0 Å². The lowest BCUT2D eigenvalue weighted by molar-refractivity contribution is -0.125. The monoisotopic (exact) mass is 377 g/mol. The van der Waals surface area contributed by atoms with E-state index < -0.39 is 0 Å². The average Bonchev–Trinajstić information content (AvgIpc) is 2.74. The number of piperidine rings is 1. The second kappa shape index (κ2) is 10.4. The first-order chi connectivity index (χ1) is 13.3. The second-order valence-corrected chi connectivity index (χ2v) is 6.95. The molecular weight excluding hydrogens is 346 g/mol. The van der Waals surface area contributed by atoms with Crippen molar-refractivity contribution in [3.63, 3.8) is 0 Å². The molecule has 0 saturated carbocycles. The number of nitrogens with one attached hydrogen (secondary N) is 1. The fourth-order valence-electron chi connectivity index (χ4n) is 3.49. The molecule has 150 valence electrons. The minimum absolute atomic E-state index is 0.0916. The third-order valence-electron chi connectivity index (χ3n) is 5.13. The number of carbonyl (C=O) groups excluding carboxylic acids is 1. The van der Waals surface area contributed by atoms with Gasteiger partial charge in [0.1, 0.15) is 0 Å². The van der Waals surface area contributed by atoms with Gasteiger partial charge in [-0.15, -0.1) is 10.2 Å². The van der Waals surface area contributed by atoms with Crippen LogP contribution in [-0.4, -0.2) is 75.3 Å². The number of anilines is 2. The topological polar surface area (TPSA) is 79.8 Å². The highest BCUT2D eigenvalue weighted by Gasteiger charge is 2.25. The van der Waals surface area contributed by atoms with E-state index in [1.54, 1.807) is 0 Å². The van der Waals surface area contributed by atoms with Crippen molar-refractivity contribution >= 4 is 17.5 Å². The van der Waals surface area contributed by atoms with Crippen molar-refractivity contribution in [2.45, 2.75) is 26.2 Å². The summed E-state index contributed by atoms with van der Waals surface area (Å²) < 4.78 is 10.7. The predicted octanol–water partition coefficient (Wildman–Crippen LogP) is 1.07. The molecule has 2 aliphatic rings. The molecule has 8 nitrogen and oxygen atoms in total. The third-order valence-corrected chi connectivity index (χ3v) is 5.13. The molecule has 2 aliphatic heterocycles. The van der Waals surface area contributed by atoms with Crippen LogP contribution in [0.15, 0.2) is 12.1 Å². The van der Waals surface area contributed by atoms with Crippen LogP contribution in [0.1, 0.15) is 26.2 Å². The molecule has 2 saturated heterocycles. The van der Waals surface area contributed by atoms with Gasteiger partial charge in [0.15, 0.2) is 11.6 Å². The molecule has 0 atom stereocenters. The number of aromatic nitrogens is 2. The van der Waals surface area contributed by atoms with Gasteiger partial charge in [0.2, 0.25) is 5.91 Å². The molecule has 0 aromatic carbocycles. The largest absolute Gasteiger partial charge is 0.382 e. The smallest absolute Gasteiger partial charge is 0.223 e. The minimum atomic E-state index is 0.0916. The summed E-state index contributed by atoms with van der Waals surface area (Å²) in [6.45, 7) is 8.97. The van der Waals surface area contributed by atoms with E-state index in [1.807, 2.05) is 19.1 Å². The summed E-state index contributed by atoms with van der Waals surface area (Å²) >= 11 is 0. The van der Waals surface area contributed by atoms with Gasteiger partial charge in [-0.3, -0.25) is 4.79 Å². The Morgan fingerprint density at radius 1 is 1.15 bits per heavy atom. The Labute approximate surface area is 161 Å². The van der Waals surface area contributed by atoms with Crippen LogP contribution in [0.3, 0.4) is 0 Å². The zero-order valence-corrected chi connectivity index (χ0v) is 16.2. The standard InChI is InChI=1S/C19H31N5O3/c1-2-26-13-3-8-20-19(25)16-6-9-23(10-7-16)17-4-5-18(22-21-17)24-11-14-27-15-12-24/h4-5,16H,2-3,6-15H2,1H3,(H,20,25). The van der Waals surface area contributed by atoms with Gasteiger partial charge in [-0.1, -0.05) is 0 Å². The number of carbonyl (C=O) groups is 1. The maximum atomic E-state index is 12.3. The third kappa shape index (κ3) is 5.77. The zero-order valence-electron chi connectivity index (χ0n) is 16.2. The molecule has 0 radical (unpaired) electrons. The summed E-state index contributed by atoms with van der Waals surface area (Å²) in [7, 11) is 0. The number of morpholine rings is 1. The number of hydrogen-bond acceptors (Lipinski definition) is 7. The number of rotatable bonds is 8. The molecule has 1 aromatic rings. The second-order valence-electron chi connectivity index (χ2n) is 6.95. The summed E-state index contributed by atoms with van der Waals surface area (Å²) in [6.07, 6.45) is 2.57. The van der Waals surface area contributed by atoms with Gasteiger partial charge in [-0.05, 0) is 38.3 Å². The van der Waals surface area contributed by atoms with Gasteiger partial charge in [-0.2, -0.15) is 0 Å². The van der Waals surface area contributed by atoms with Gasteiger partial charge < -0.3 is 24.6 Å². The summed E-state index contributed by atoms with van der Waals surface area (Å²) in [5.41, 5.74) is 0. The van der Waals surface area contributed by atoms with Gasteiger partial charge in [0, 0.05) is 51.9 Å². The number of amides is 1. The number of hydrogen-bond donors (Lipinski definition) is 1. The Bertz CT molecular complexity index is 569. The molecule has 0 spiro atoms. The number of ether oxygens (including phenoxy) is 2. The fraction of sp³-hybridized carbons (Fsp3) is 0.737. The van der Waals surface area contributed by atoms with Crippen LogP contribution >= 0.6 is 0 Å². The molecule has 0 bridgehead atoms. The Hall–Kier alpha value is -1.93. The summed E-state index contributed by atoms with van der Waals surface area (Å²) in [4.78, 5) is 16.7. The Balaban J connectivity index is 1.41. The lowest BCUT2D eigenvalue weighted by atomic mass is 9.96. The van der Waals surface area contributed by atoms with Crippen LogP contribution in [0.5, 0.6) is 0 Å². The van der Waals surface area contributed by atoms with Gasteiger partial charge in [-0.25, -0.2) is 0 Å². The van der Waals surface area contributed by atoms with Crippen LogP contribution in [0.25, 0.3) is 0 Å². The van der Waals surface area contributed by atoms with Crippen molar-refractivity contribution < 1.29 is 14.3 Å². The summed E-state index contributed by atoms with van der Waals surface area (Å²) in [5, 5.41) is 11.8. The van der Waals surface area contributed by atoms with E-state index in [4.69, 9.17) is 9.47 Å². The normalized spacial score (nSPS) is 18.6. The van der Waals surface area contributed by atoms with Crippen LogP contribution in [0.4, 0.5) is 11.6 Å². The van der Waals surface area contributed by atoms with Crippen molar-refractivity contribution in [1.82, 2.24) is 15.5 Å². The molecule has 8 heteroatoms. The van der Waals surface area contributed by atoms with E-state index in [9.17, 15) is 4.79 Å². The van der Waals surface area contributed by atoms with Gasteiger partial charge in [0.25, 0.3) is 0 Å². The Kier molecular flexibility index (Phi) is 7.65.